The molecule has 2 fully saturated rings. The summed E-state index contributed by atoms with van der Waals surface area (Å²) >= 11 is 1.74. The second-order valence-corrected chi connectivity index (χ2v) is 9.41. The van der Waals surface area contributed by atoms with E-state index in [2.05, 4.69) is 23.6 Å². The number of ether oxygens (including phenoxy) is 1. The molecule has 2 aromatic rings. The van der Waals surface area contributed by atoms with Gasteiger partial charge in [0.2, 0.25) is 0 Å². The number of aromatic nitrogens is 2. The van der Waals surface area contributed by atoms with Crippen LogP contribution in [0.5, 0.6) is 0 Å². The van der Waals surface area contributed by atoms with Gasteiger partial charge in [-0.25, -0.2) is 14.8 Å². The Morgan fingerprint density at radius 2 is 1.90 bits per heavy atom. The molecule has 1 N–H and O–H groups in total. The van der Waals surface area contributed by atoms with Crippen molar-refractivity contribution in [1.29, 1.82) is 0 Å². The maximum Gasteiger partial charge on any atom is 0.334 e. The number of esters is 1. The number of aliphatic hydroxyl groups excluding tert-OH is 1. The number of thiophene rings is 1. The first kappa shape index (κ1) is 20.5. The molecule has 0 saturated carbocycles. The molecule has 7 nitrogen and oxygen atoms in total. The predicted molar refractivity (Wildman–Crippen MR) is 114 cm³/mol. The van der Waals surface area contributed by atoms with Gasteiger partial charge in [0, 0.05) is 18.0 Å². The van der Waals surface area contributed by atoms with E-state index in [9.17, 15) is 9.90 Å². The van der Waals surface area contributed by atoms with Gasteiger partial charge in [0.25, 0.3) is 0 Å². The second kappa shape index (κ2) is 8.53. The molecular weight excluding hydrogens is 388 g/mol. The fraction of sp³-hybridized carbons (Fsp3) is 0.667. The van der Waals surface area contributed by atoms with Crippen LogP contribution in [0.15, 0.2) is 0 Å². The molecular formula is C21H30N4O3S. The lowest BCUT2D eigenvalue weighted by atomic mass is 9.91. The predicted octanol–water partition coefficient (Wildman–Crippen LogP) is 2.65. The molecule has 0 aromatic carbocycles. The normalized spacial score (nSPS) is 19.8. The maximum absolute atomic E-state index is 11.7. The molecule has 0 amide bonds. The molecule has 2 aromatic heterocycles. The van der Waals surface area contributed by atoms with Crippen LogP contribution in [0.2, 0.25) is 0 Å². The fourth-order valence-corrected chi connectivity index (χ4v) is 5.49. The number of hydrogen-bond donors (Lipinski definition) is 1. The number of methoxy groups -OCH3 is 1. The molecule has 2 aliphatic heterocycles. The van der Waals surface area contributed by atoms with E-state index in [1.807, 2.05) is 0 Å². The van der Waals surface area contributed by atoms with Crippen LogP contribution >= 0.6 is 11.3 Å². The molecule has 29 heavy (non-hydrogen) atoms. The van der Waals surface area contributed by atoms with Gasteiger partial charge in [0.05, 0.1) is 19.0 Å². The zero-order chi connectivity index (χ0) is 20.5. The average Bonchev–Trinajstić information content (AvgIpc) is 3.34. The zero-order valence-electron chi connectivity index (χ0n) is 17.5. The van der Waals surface area contributed by atoms with Crippen molar-refractivity contribution in [3.63, 3.8) is 0 Å². The number of carbonyl (C=O) groups is 1. The summed E-state index contributed by atoms with van der Waals surface area (Å²) < 4.78 is 4.71. The highest BCUT2D eigenvalue weighted by molar-refractivity contribution is 7.18. The second-order valence-electron chi connectivity index (χ2n) is 8.20. The highest BCUT2D eigenvalue weighted by atomic mass is 32.1. The van der Waals surface area contributed by atoms with Crippen LogP contribution in [0.25, 0.3) is 10.2 Å². The van der Waals surface area contributed by atoms with Crippen molar-refractivity contribution >= 4 is 33.3 Å². The lowest BCUT2D eigenvalue weighted by Gasteiger charge is -2.34. The average molecular weight is 419 g/mol. The number of likely N-dealkylation sites (tertiary alicyclic amines) is 1. The lowest BCUT2D eigenvalue weighted by Crippen LogP contribution is -2.41. The third-order valence-corrected chi connectivity index (χ3v) is 7.45. The number of aryl methyl sites for hydroxylation is 2. The zero-order valence-corrected chi connectivity index (χ0v) is 18.3. The molecule has 158 valence electrons. The first-order valence-electron chi connectivity index (χ1n) is 10.5. The minimum absolute atomic E-state index is 0.0644. The van der Waals surface area contributed by atoms with Gasteiger partial charge in [-0.3, -0.25) is 4.90 Å². The topological polar surface area (TPSA) is 78.8 Å². The Bertz CT molecular complexity index is 886. The van der Waals surface area contributed by atoms with Gasteiger partial charge in [0.1, 0.15) is 16.5 Å². The molecule has 0 radical (unpaired) electrons. The quantitative estimate of drug-likeness (QED) is 0.748. The van der Waals surface area contributed by atoms with Crippen molar-refractivity contribution in [1.82, 2.24) is 14.9 Å². The minimum Gasteiger partial charge on any atom is -0.467 e. The van der Waals surface area contributed by atoms with Crippen LogP contribution < -0.4 is 4.90 Å². The van der Waals surface area contributed by atoms with E-state index in [4.69, 9.17) is 14.7 Å². The summed E-state index contributed by atoms with van der Waals surface area (Å²) in [5, 5.41) is 11.4. The number of piperidine rings is 1. The largest absolute Gasteiger partial charge is 0.467 e. The van der Waals surface area contributed by atoms with Crippen molar-refractivity contribution in [3.8, 4) is 0 Å². The number of fused-ring (bicyclic) bond motifs is 1. The standard InChI is InChI=1S/C21H30N4O3S/c1-13-14(2)29-20-17(13)19(22-16(23-20)12-24-8-4-5-9-24)25-10-6-15(7-11-25)18(26)21(27)28-3/h15,18,26H,4-12H2,1-3H3. The summed E-state index contributed by atoms with van der Waals surface area (Å²) in [6.45, 7) is 8.87. The van der Waals surface area contributed by atoms with E-state index < -0.39 is 12.1 Å². The van der Waals surface area contributed by atoms with Crippen LogP contribution in [-0.2, 0) is 16.1 Å². The van der Waals surface area contributed by atoms with Gasteiger partial charge in [0.15, 0.2) is 6.10 Å². The van der Waals surface area contributed by atoms with Crippen LogP contribution in [0, 0.1) is 19.8 Å². The van der Waals surface area contributed by atoms with Gasteiger partial charge < -0.3 is 14.7 Å². The summed E-state index contributed by atoms with van der Waals surface area (Å²) in [4.78, 5) is 28.7. The number of carbonyl (C=O) groups excluding carboxylic acids is 1. The minimum atomic E-state index is -1.04. The van der Waals surface area contributed by atoms with Gasteiger partial charge in [-0.1, -0.05) is 0 Å². The van der Waals surface area contributed by atoms with E-state index >= 15 is 0 Å². The first-order chi connectivity index (χ1) is 14.0. The van der Waals surface area contributed by atoms with Crippen LogP contribution in [0.1, 0.15) is 41.9 Å². The fourth-order valence-electron chi connectivity index (χ4n) is 4.45. The summed E-state index contributed by atoms with van der Waals surface area (Å²) in [5.74, 6) is 1.31. The van der Waals surface area contributed by atoms with Crippen molar-refractivity contribution in [2.45, 2.75) is 52.2 Å². The summed E-state index contributed by atoms with van der Waals surface area (Å²) in [7, 11) is 1.32. The Hall–Kier alpha value is -1.77. The summed E-state index contributed by atoms with van der Waals surface area (Å²) in [6, 6.07) is 0. The van der Waals surface area contributed by atoms with E-state index in [1.54, 1.807) is 11.3 Å². The monoisotopic (exact) mass is 418 g/mol. The molecule has 2 saturated heterocycles. The Kier molecular flexibility index (Phi) is 6.03. The highest BCUT2D eigenvalue weighted by Gasteiger charge is 2.32. The number of aliphatic hydroxyl groups is 1. The molecule has 0 bridgehead atoms. The molecule has 4 heterocycles. The highest BCUT2D eigenvalue weighted by Crippen LogP contribution is 2.37. The third-order valence-electron chi connectivity index (χ3n) is 6.35. The Morgan fingerprint density at radius 1 is 1.21 bits per heavy atom. The molecule has 8 heteroatoms. The molecule has 1 unspecified atom stereocenters. The SMILES string of the molecule is COC(=O)C(O)C1CCN(c2nc(CN3CCCC3)nc3sc(C)c(C)c23)CC1. The van der Waals surface area contributed by atoms with Gasteiger partial charge in [-0.05, 0) is 64.1 Å². The van der Waals surface area contributed by atoms with Gasteiger partial charge >= 0.3 is 5.97 Å². The van der Waals surface area contributed by atoms with E-state index in [0.717, 1.165) is 67.4 Å². The van der Waals surface area contributed by atoms with E-state index in [0.29, 0.717) is 0 Å². The summed E-state index contributed by atoms with van der Waals surface area (Å²) in [5.41, 5.74) is 1.25. The number of nitrogens with zero attached hydrogens (tertiary/aromatic N) is 4. The molecule has 4 rings (SSSR count). The Labute approximate surface area is 175 Å². The molecule has 2 aliphatic rings. The van der Waals surface area contributed by atoms with Gasteiger partial charge in [-0.15, -0.1) is 11.3 Å². The maximum atomic E-state index is 11.7. The van der Waals surface area contributed by atoms with Crippen molar-refractivity contribution in [2.75, 3.05) is 38.2 Å². The molecule has 0 spiro atoms. The molecule has 0 aliphatic carbocycles. The first-order valence-corrected chi connectivity index (χ1v) is 11.3. The molecule has 1 atom stereocenters. The lowest BCUT2D eigenvalue weighted by molar-refractivity contribution is -0.153. The van der Waals surface area contributed by atoms with E-state index in [-0.39, 0.29) is 5.92 Å². The Balaban J connectivity index is 1.59. The summed E-state index contributed by atoms with van der Waals surface area (Å²) in [6.07, 6.45) is 2.95. The van der Waals surface area contributed by atoms with Crippen LogP contribution in [0.4, 0.5) is 5.82 Å². The van der Waals surface area contributed by atoms with Crippen LogP contribution in [-0.4, -0.2) is 65.3 Å². The third kappa shape index (κ3) is 4.11. The van der Waals surface area contributed by atoms with Gasteiger partial charge in [-0.2, -0.15) is 0 Å². The van der Waals surface area contributed by atoms with E-state index in [1.165, 1.54) is 30.4 Å². The van der Waals surface area contributed by atoms with Crippen molar-refractivity contribution in [2.24, 2.45) is 5.92 Å². The number of hydrogen-bond acceptors (Lipinski definition) is 8. The number of rotatable bonds is 5. The Morgan fingerprint density at radius 3 is 2.55 bits per heavy atom. The smallest absolute Gasteiger partial charge is 0.334 e. The van der Waals surface area contributed by atoms with Crippen LogP contribution in [0.3, 0.4) is 0 Å². The van der Waals surface area contributed by atoms with Crippen molar-refractivity contribution < 1.29 is 14.6 Å². The number of anilines is 1. The van der Waals surface area contributed by atoms with Crippen molar-refractivity contribution in [3.05, 3.63) is 16.3 Å².